The van der Waals surface area contributed by atoms with Crippen LogP contribution in [0.15, 0.2) is 24.3 Å². The Bertz CT molecular complexity index is 244. The Hall–Kier alpha value is -1.09. The number of aliphatic hydroxyl groups is 1. The molecule has 72 valence electrons. The summed E-state index contributed by atoms with van der Waals surface area (Å²) in [7, 11) is 0. The van der Waals surface area contributed by atoms with Crippen LogP contribution in [-0.2, 0) is 0 Å². The quantitative estimate of drug-likeness (QED) is 0.775. The predicted octanol–water partition coefficient (Wildman–Crippen LogP) is 1.98. The van der Waals surface area contributed by atoms with Crippen LogP contribution in [-0.4, -0.2) is 17.8 Å². The van der Waals surface area contributed by atoms with Gasteiger partial charge in [0.15, 0.2) is 0 Å². The number of benzene rings is 1. The first-order chi connectivity index (χ1) is 6.18. The zero-order valence-electron chi connectivity index (χ0n) is 7.53. The van der Waals surface area contributed by atoms with Crippen molar-refractivity contribution >= 4 is 0 Å². The average Bonchev–Trinajstić information content (AvgIpc) is 2.08. The van der Waals surface area contributed by atoms with E-state index in [0.717, 1.165) is 0 Å². The van der Waals surface area contributed by atoms with Gasteiger partial charge >= 0.3 is 0 Å². The zero-order chi connectivity index (χ0) is 9.68. The number of hydrogen-bond donors (Lipinski definition) is 1. The van der Waals surface area contributed by atoms with Crippen molar-refractivity contribution in [3.05, 3.63) is 30.1 Å². The normalized spacial score (nSPS) is 12.5. The van der Waals surface area contributed by atoms with Gasteiger partial charge in [0.25, 0.3) is 0 Å². The molecule has 1 aromatic carbocycles. The van der Waals surface area contributed by atoms with Crippen LogP contribution < -0.4 is 4.74 Å². The highest BCUT2D eigenvalue weighted by Crippen LogP contribution is 2.11. The number of hydrogen-bond acceptors (Lipinski definition) is 2. The molecule has 0 saturated carbocycles. The molecule has 0 spiro atoms. The topological polar surface area (TPSA) is 29.5 Å². The molecule has 2 nitrogen and oxygen atoms in total. The highest BCUT2D eigenvalue weighted by atomic mass is 19.1. The molecule has 1 unspecified atom stereocenters. The SMILES string of the molecule is CC(O)CCOc1ccc(F)cc1. The number of halogens is 1. The summed E-state index contributed by atoms with van der Waals surface area (Å²) in [5.41, 5.74) is 0. The first kappa shape index (κ1) is 9.99. The Labute approximate surface area is 77.0 Å². The van der Waals surface area contributed by atoms with Gasteiger partial charge in [-0.05, 0) is 31.2 Å². The number of ether oxygens (including phenoxy) is 1. The second-order valence-electron chi connectivity index (χ2n) is 2.94. The van der Waals surface area contributed by atoms with Crippen LogP contribution in [0.1, 0.15) is 13.3 Å². The van der Waals surface area contributed by atoms with Crippen molar-refractivity contribution in [1.82, 2.24) is 0 Å². The molecule has 1 atom stereocenters. The standard InChI is InChI=1S/C10H13FO2/c1-8(12)6-7-13-10-4-2-9(11)3-5-10/h2-5,8,12H,6-7H2,1H3. The molecular formula is C10H13FO2. The lowest BCUT2D eigenvalue weighted by molar-refractivity contribution is 0.155. The summed E-state index contributed by atoms with van der Waals surface area (Å²) in [6, 6.07) is 5.82. The minimum absolute atomic E-state index is 0.275. The van der Waals surface area contributed by atoms with Gasteiger partial charge < -0.3 is 9.84 Å². The van der Waals surface area contributed by atoms with Gasteiger partial charge in [-0.2, -0.15) is 0 Å². The smallest absolute Gasteiger partial charge is 0.123 e. The van der Waals surface area contributed by atoms with Crippen molar-refractivity contribution in [2.45, 2.75) is 19.4 Å². The Morgan fingerprint density at radius 2 is 2.00 bits per heavy atom. The van der Waals surface area contributed by atoms with E-state index in [1.807, 2.05) is 0 Å². The summed E-state index contributed by atoms with van der Waals surface area (Å²) in [6.07, 6.45) is 0.220. The molecule has 0 bridgehead atoms. The fraction of sp³-hybridized carbons (Fsp3) is 0.400. The van der Waals surface area contributed by atoms with Crippen LogP contribution in [0.2, 0.25) is 0 Å². The summed E-state index contributed by atoms with van der Waals surface area (Å²) in [5.74, 6) is 0.352. The maximum atomic E-state index is 12.4. The van der Waals surface area contributed by atoms with E-state index in [1.165, 1.54) is 12.1 Å². The predicted molar refractivity (Wildman–Crippen MR) is 48.2 cm³/mol. The van der Waals surface area contributed by atoms with Crippen molar-refractivity contribution in [3.8, 4) is 5.75 Å². The van der Waals surface area contributed by atoms with Crippen LogP contribution in [0.4, 0.5) is 4.39 Å². The summed E-state index contributed by atoms with van der Waals surface area (Å²) < 4.78 is 17.7. The molecule has 0 heterocycles. The Morgan fingerprint density at radius 1 is 1.38 bits per heavy atom. The van der Waals surface area contributed by atoms with E-state index >= 15 is 0 Å². The van der Waals surface area contributed by atoms with Crippen molar-refractivity contribution in [2.24, 2.45) is 0 Å². The molecule has 0 aliphatic heterocycles. The maximum Gasteiger partial charge on any atom is 0.123 e. The molecule has 0 amide bonds. The minimum Gasteiger partial charge on any atom is -0.493 e. The first-order valence-corrected chi connectivity index (χ1v) is 4.25. The second kappa shape index (κ2) is 4.82. The molecule has 1 aromatic rings. The Kier molecular flexibility index (Phi) is 3.71. The average molecular weight is 184 g/mol. The molecule has 0 radical (unpaired) electrons. The monoisotopic (exact) mass is 184 g/mol. The van der Waals surface area contributed by atoms with E-state index < -0.39 is 0 Å². The highest BCUT2D eigenvalue weighted by molar-refractivity contribution is 5.21. The lowest BCUT2D eigenvalue weighted by atomic mass is 10.3. The summed E-state index contributed by atoms with van der Waals surface area (Å²) in [4.78, 5) is 0. The summed E-state index contributed by atoms with van der Waals surface area (Å²) >= 11 is 0. The van der Waals surface area contributed by atoms with Gasteiger partial charge in [-0.15, -0.1) is 0 Å². The molecule has 0 aliphatic carbocycles. The van der Waals surface area contributed by atoms with Crippen LogP contribution in [0.3, 0.4) is 0 Å². The van der Waals surface area contributed by atoms with Crippen LogP contribution in [0.5, 0.6) is 5.75 Å². The fourth-order valence-corrected chi connectivity index (χ4v) is 0.878. The van der Waals surface area contributed by atoms with E-state index in [1.54, 1.807) is 19.1 Å². The summed E-state index contributed by atoms with van der Waals surface area (Å²) in [6.45, 7) is 2.15. The van der Waals surface area contributed by atoms with Gasteiger partial charge in [-0.1, -0.05) is 0 Å². The highest BCUT2D eigenvalue weighted by Gasteiger charge is 1.97. The van der Waals surface area contributed by atoms with E-state index in [9.17, 15) is 4.39 Å². The molecule has 0 aliphatic rings. The molecule has 1 rings (SSSR count). The van der Waals surface area contributed by atoms with Gasteiger partial charge in [-0.25, -0.2) is 4.39 Å². The van der Waals surface area contributed by atoms with E-state index in [2.05, 4.69) is 0 Å². The minimum atomic E-state index is -0.361. The fourth-order valence-electron chi connectivity index (χ4n) is 0.878. The maximum absolute atomic E-state index is 12.4. The third-order valence-electron chi connectivity index (χ3n) is 1.62. The Morgan fingerprint density at radius 3 is 2.54 bits per heavy atom. The third-order valence-corrected chi connectivity index (χ3v) is 1.62. The van der Waals surface area contributed by atoms with Crippen molar-refractivity contribution in [1.29, 1.82) is 0 Å². The van der Waals surface area contributed by atoms with E-state index in [0.29, 0.717) is 18.8 Å². The molecule has 3 heteroatoms. The lowest BCUT2D eigenvalue weighted by Gasteiger charge is -2.06. The van der Waals surface area contributed by atoms with Gasteiger partial charge in [0.2, 0.25) is 0 Å². The van der Waals surface area contributed by atoms with Crippen molar-refractivity contribution in [2.75, 3.05) is 6.61 Å². The van der Waals surface area contributed by atoms with Crippen molar-refractivity contribution in [3.63, 3.8) is 0 Å². The summed E-state index contributed by atoms with van der Waals surface area (Å²) in [5, 5.41) is 8.93. The lowest BCUT2D eigenvalue weighted by Crippen LogP contribution is -2.07. The largest absolute Gasteiger partial charge is 0.493 e. The van der Waals surface area contributed by atoms with Crippen LogP contribution >= 0.6 is 0 Å². The Balaban J connectivity index is 2.33. The molecule has 0 fully saturated rings. The van der Waals surface area contributed by atoms with Crippen molar-refractivity contribution < 1.29 is 14.2 Å². The van der Waals surface area contributed by atoms with Crippen LogP contribution in [0, 0.1) is 5.82 Å². The molecular weight excluding hydrogens is 171 g/mol. The molecule has 13 heavy (non-hydrogen) atoms. The van der Waals surface area contributed by atoms with Gasteiger partial charge in [0.05, 0.1) is 12.7 Å². The number of rotatable bonds is 4. The molecule has 0 aromatic heterocycles. The number of aliphatic hydroxyl groups excluding tert-OH is 1. The zero-order valence-corrected chi connectivity index (χ0v) is 7.53. The van der Waals surface area contributed by atoms with Gasteiger partial charge in [0.1, 0.15) is 11.6 Å². The van der Waals surface area contributed by atoms with E-state index in [4.69, 9.17) is 9.84 Å². The third kappa shape index (κ3) is 3.90. The van der Waals surface area contributed by atoms with Crippen LogP contribution in [0.25, 0.3) is 0 Å². The van der Waals surface area contributed by atoms with Gasteiger partial charge in [-0.3, -0.25) is 0 Å². The van der Waals surface area contributed by atoms with E-state index in [-0.39, 0.29) is 11.9 Å². The molecule has 1 N–H and O–H groups in total. The first-order valence-electron chi connectivity index (χ1n) is 4.25. The molecule has 0 saturated heterocycles. The van der Waals surface area contributed by atoms with Gasteiger partial charge in [0, 0.05) is 6.42 Å². The second-order valence-corrected chi connectivity index (χ2v) is 2.94.